The van der Waals surface area contributed by atoms with Gasteiger partial charge in [0, 0.05) is 17.1 Å². The third-order valence-electron chi connectivity index (χ3n) is 4.98. The molecule has 8 heteroatoms. The van der Waals surface area contributed by atoms with Crippen LogP contribution in [0.1, 0.15) is 17.7 Å². The first kappa shape index (κ1) is 22.2. The summed E-state index contributed by atoms with van der Waals surface area (Å²) in [5.74, 6) is 2.89. The highest BCUT2D eigenvalue weighted by molar-refractivity contribution is 7.99. The van der Waals surface area contributed by atoms with Crippen molar-refractivity contribution in [3.63, 3.8) is 0 Å². The summed E-state index contributed by atoms with van der Waals surface area (Å²) in [4.78, 5) is 20.8. The lowest BCUT2D eigenvalue weighted by Crippen LogP contribution is -2.30. The maximum absolute atomic E-state index is 13.3. The predicted octanol–water partition coefficient (Wildman–Crippen LogP) is 5.93. The first-order chi connectivity index (χ1) is 15.6. The van der Waals surface area contributed by atoms with E-state index in [0.717, 1.165) is 26.4 Å². The summed E-state index contributed by atoms with van der Waals surface area (Å²) in [5.41, 5.74) is 1.88. The van der Waals surface area contributed by atoms with E-state index in [2.05, 4.69) is 0 Å². The van der Waals surface area contributed by atoms with Gasteiger partial charge in [0.05, 0.1) is 31.7 Å². The molecule has 0 saturated heterocycles. The number of thioether (sulfide) groups is 1. The molecule has 4 aromatic rings. The summed E-state index contributed by atoms with van der Waals surface area (Å²) in [6.45, 7) is 2.37. The Bertz CT molecular complexity index is 1190. The van der Waals surface area contributed by atoms with Crippen molar-refractivity contribution in [2.45, 2.75) is 24.8 Å². The molecule has 0 aliphatic carbocycles. The standard InChI is InChI=1S/C24H24N2O4S2/c1-16-6-11-20(29-3)22-23(16)32-24(25-22)26(15-18-5-4-13-30-18)21(27)12-14-31-19-9-7-17(28-2)8-10-19/h4-11,13H,12,14-15H2,1-3H3. The number of amides is 1. The van der Waals surface area contributed by atoms with Crippen LogP contribution in [0.4, 0.5) is 5.13 Å². The van der Waals surface area contributed by atoms with Crippen LogP contribution in [0.25, 0.3) is 10.2 Å². The highest BCUT2D eigenvalue weighted by Crippen LogP contribution is 2.37. The largest absolute Gasteiger partial charge is 0.497 e. The van der Waals surface area contributed by atoms with E-state index in [0.29, 0.717) is 35.4 Å². The number of carbonyl (C=O) groups is 1. The van der Waals surface area contributed by atoms with Crippen LogP contribution in [0.15, 0.2) is 64.1 Å². The molecule has 0 radical (unpaired) electrons. The van der Waals surface area contributed by atoms with E-state index in [9.17, 15) is 4.79 Å². The van der Waals surface area contributed by atoms with Crippen molar-refractivity contribution in [3.8, 4) is 11.5 Å². The van der Waals surface area contributed by atoms with Crippen molar-refractivity contribution in [1.82, 2.24) is 4.98 Å². The quantitative estimate of drug-likeness (QED) is 0.284. The highest BCUT2D eigenvalue weighted by Gasteiger charge is 2.22. The Morgan fingerprint density at radius 3 is 2.62 bits per heavy atom. The molecule has 0 N–H and O–H groups in total. The van der Waals surface area contributed by atoms with Crippen molar-refractivity contribution in [3.05, 3.63) is 66.1 Å². The van der Waals surface area contributed by atoms with E-state index in [4.69, 9.17) is 18.9 Å². The molecule has 0 bridgehead atoms. The van der Waals surface area contributed by atoms with Gasteiger partial charge in [-0.1, -0.05) is 17.4 Å². The van der Waals surface area contributed by atoms with Crippen LogP contribution >= 0.6 is 23.1 Å². The molecule has 0 atom stereocenters. The van der Waals surface area contributed by atoms with Gasteiger partial charge >= 0.3 is 0 Å². The average Bonchev–Trinajstić information content (AvgIpc) is 3.49. The predicted molar refractivity (Wildman–Crippen MR) is 129 cm³/mol. The third-order valence-corrected chi connectivity index (χ3v) is 7.21. The van der Waals surface area contributed by atoms with Gasteiger partial charge in [0.15, 0.2) is 5.13 Å². The number of furan rings is 1. The van der Waals surface area contributed by atoms with E-state index in [1.165, 1.54) is 11.3 Å². The van der Waals surface area contributed by atoms with Gasteiger partial charge < -0.3 is 13.9 Å². The molecule has 32 heavy (non-hydrogen) atoms. The fourth-order valence-electron chi connectivity index (χ4n) is 3.26. The zero-order valence-corrected chi connectivity index (χ0v) is 19.8. The Kier molecular flexibility index (Phi) is 7.02. The number of ether oxygens (including phenoxy) is 2. The minimum Gasteiger partial charge on any atom is -0.497 e. The Balaban J connectivity index is 1.54. The van der Waals surface area contributed by atoms with Gasteiger partial charge in [-0.15, -0.1) is 11.8 Å². The molecule has 0 aliphatic heterocycles. The number of benzene rings is 2. The van der Waals surface area contributed by atoms with E-state index < -0.39 is 0 Å². The molecule has 1 amide bonds. The number of methoxy groups -OCH3 is 2. The third kappa shape index (κ3) is 4.92. The molecule has 0 saturated carbocycles. The summed E-state index contributed by atoms with van der Waals surface area (Å²) in [6.07, 6.45) is 1.99. The zero-order chi connectivity index (χ0) is 22.5. The number of aryl methyl sites for hydroxylation is 1. The lowest BCUT2D eigenvalue weighted by atomic mass is 10.2. The van der Waals surface area contributed by atoms with Crippen LogP contribution in [-0.2, 0) is 11.3 Å². The van der Waals surface area contributed by atoms with Gasteiger partial charge in [-0.2, -0.15) is 0 Å². The summed E-state index contributed by atoms with van der Waals surface area (Å²) in [5, 5.41) is 0.642. The Morgan fingerprint density at radius 2 is 1.94 bits per heavy atom. The maximum atomic E-state index is 13.3. The first-order valence-corrected chi connectivity index (χ1v) is 11.9. The normalized spacial score (nSPS) is 11.0. The number of anilines is 1. The zero-order valence-electron chi connectivity index (χ0n) is 18.2. The van der Waals surface area contributed by atoms with Crippen LogP contribution in [0.5, 0.6) is 11.5 Å². The summed E-state index contributed by atoms with van der Waals surface area (Å²) >= 11 is 3.14. The molecule has 166 valence electrons. The number of fused-ring (bicyclic) bond motifs is 1. The van der Waals surface area contributed by atoms with Gasteiger partial charge in [-0.25, -0.2) is 4.98 Å². The Morgan fingerprint density at radius 1 is 1.12 bits per heavy atom. The number of hydrogen-bond donors (Lipinski definition) is 0. The second-order valence-corrected chi connectivity index (χ2v) is 9.24. The van der Waals surface area contributed by atoms with Crippen LogP contribution in [0, 0.1) is 6.92 Å². The molecule has 0 fully saturated rings. The van der Waals surface area contributed by atoms with Crippen LogP contribution in [0.2, 0.25) is 0 Å². The van der Waals surface area contributed by atoms with Crippen LogP contribution in [-0.4, -0.2) is 30.9 Å². The SMILES string of the molecule is COc1ccc(SCCC(=O)N(Cc2ccco2)c2nc3c(OC)ccc(C)c3s2)cc1. The molecule has 0 aliphatic rings. The Hall–Kier alpha value is -2.97. The van der Waals surface area contributed by atoms with Gasteiger partial charge in [0.2, 0.25) is 5.91 Å². The number of carbonyl (C=O) groups excluding carboxylic acids is 1. The molecule has 2 aromatic heterocycles. The highest BCUT2D eigenvalue weighted by atomic mass is 32.2. The van der Waals surface area contributed by atoms with Gasteiger partial charge in [-0.3, -0.25) is 9.69 Å². The van der Waals surface area contributed by atoms with E-state index in [1.807, 2.05) is 55.5 Å². The molecule has 6 nitrogen and oxygen atoms in total. The fourth-order valence-corrected chi connectivity index (χ4v) is 5.17. The number of nitrogens with zero attached hydrogens (tertiary/aromatic N) is 2. The Labute approximate surface area is 195 Å². The van der Waals surface area contributed by atoms with Crippen molar-refractivity contribution in [1.29, 1.82) is 0 Å². The smallest absolute Gasteiger partial charge is 0.230 e. The van der Waals surface area contributed by atoms with Crippen LogP contribution in [0.3, 0.4) is 0 Å². The second kappa shape index (κ2) is 10.1. The summed E-state index contributed by atoms with van der Waals surface area (Å²) in [7, 11) is 3.28. The van der Waals surface area contributed by atoms with Gasteiger partial charge in [0.1, 0.15) is 22.8 Å². The monoisotopic (exact) mass is 468 g/mol. The number of hydrogen-bond acceptors (Lipinski definition) is 7. The molecule has 0 unspecified atom stereocenters. The molecular formula is C24H24N2O4S2. The molecule has 4 rings (SSSR count). The molecule has 0 spiro atoms. The average molecular weight is 469 g/mol. The molecule has 2 heterocycles. The summed E-state index contributed by atoms with van der Waals surface area (Å²) in [6, 6.07) is 15.4. The van der Waals surface area contributed by atoms with E-state index in [1.54, 1.807) is 37.1 Å². The van der Waals surface area contributed by atoms with Gasteiger partial charge in [-0.05, 0) is 55.0 Å². The topological polar surface area (TPSA) is 64.8 Å². The minimum atomic E-state index is -0.00177. The van der Waals surface area contributed by atoms with E-state index in [-0.39, 0.29) is 5.91 Å². The fraction of sp³-hybridized carbons (Fsp3) is 0.250. The number of rotatable bonds is 9. The van der Waals surface area contributed by atoms with Crippen molar-refractivity contribution >= 4 is 44.4 Å². The van der Waals surface area contributed by atoms with Crippen molar-refractivity contribution in [2.75, 3.05) is 24.9 Å². The second-order valence-electron chi connectivity index (χ2n) is 7.09. The van der Waals surface area contributed by atoms with E-state index >= 15 is 0 Å². The molecular weight excluding hydrogens is 444 g/mol. The lowest BCUT2D eigenvalue weighted by molar-refractivity contribution is -0.118. The first-order valence-electron chi connectivity index (χ1n) is 10.1. The number of thiazole rings is 1. The van der Waals surface area contributed by atoms with Crippen molar-refractivity contribution < 1.29 is 18.7 Å². The lowest BCUT2D eigenvalue weighted by Gasteiger charge is -2.18. The molecule has 2 aromatic carbocycles. The van der Waals surface area contributed by atoms with Gasteiger partial charge in [0.25, 0.3) is 0 Å². The minimum absolute atomic E-state index is 0.00177. The maximum Gasteiger partial charge on any atom is 0.230 e. The number of aromatic nitrogens is 1. The van der Waals surface area contributed by atoms with Crippen molar-refractivity contribution in [2.24, 2.45) is 0 Å². The summed E-state index contributed by atoms with van der Waals surface area (Å²) < 4.78 is 17.2. The van der Waals surface area contributed by atoms with Crippen LogP contribution < -0.4 is 14.4 Å².